The van der Waals surface area contributed by atoms with E-state index in [9.17, 15) is 13.2 Å². The number of amides is 1. The number of rotatable bonds is 1. The summed E-state index contributed by atoms with van der Waals surface area (Å²) in [5.74, 6) is -0.337. The standard InChI is InChI=1S/C15H15N3O3S/c1-17-7-6-12(16-17)15(19)18-8-11-10-4-2-3-5-13(10)22(20,21)14(11)9-18/h2-7,11,14H,8-9H2,1H3/t11-,14+/m1/s1. The van der Waals surface area contributed by atoms with Crippen LogP contribution in [0.1, 0.15) is 22.0 Å². The average molecular weight is 317 g/mol. The van der Waals surface area contributed by atoms with E-state index in [1.807, 2.05) is 12.1 Å². The molecule has 2 aliphatic heterocycles. The number of likely N-dealkylation sites (tertiary alicyclic amines) is 1. The lowest BCUT2D eigenvalue weighted by molar-refractivity contribution is 0.0784. The Kier molecular flexibility index (Phi) is 2.72. The lowest BCUT2D eigenvalue weighted by Crippen LogP contribution is -2.32. The maximum Gasteiger partial charge on any atom is 0.274 e. The Morgan fingerprint density at radius 2 is 2.00 bits per heavy atom. The second kappa shape index (κ2) is 4.42. The summed E-state index contributed by atoms with van der Waals surface area (Å²) in [7, 11) is -1.60. The van der Waals surface area contributed by atoms with Crippen molar-refractivity contribution in [2.24, 2.45) is 7.05 Å². The van der Waals surface area contributed by atoms with Crippen molar-refractivity contribution in [3.63, 3.8) is 0 Å². The van der Waals surface area contributed by atoms with Crippen LogP contribution in [0.25, 0.3) is 0 Å². The van der Waals surface area contributed by atoms with Crippen LogP contribution in [0.3, 0.4) is 0 Å². The van der Waals surface area contributed by atoms with Gasteiger partial charge in [0.25, 0.3) is 5.91 Å². The van der Waals surface area contributed by atoms with Gasteiger partial charge in [0.15, 0.2) is 9.84 Å². The molecule has 0 spiro atoms. The van der Waals surface area contributed by atoms with Gasteiger partial charge in [0.05, 0.1) is 10.1 Å². The molecule has 2 aliphatic rings. The number of aromatic nitrogens is 2. The smallest absolute Gasteiger partial charge is 0.274 e. The minimum absolute atomic E-state index is 0.131. The Labute approximate surface area is 128 Å². The lowest BCUT2D eigenvalue weighted by atomic mass is 9.99. The quantitative estimate of drug-likeness (QED) is 0.780. The average Bonchev–Trinajstić information content (AvgIpc) is 3.16. The molecule has 0 unspecified atom stereocenters. The number of fused-ring (bicyclic) bond motifs is 3. The molecule has 6 nitrogen and oxygen atoms in total. The van der Waals surface area contributed by atoms with Gasteiger partial charge in [-0.3, -0.25) is 9.48 Å². The molecule has 2 atom stereocenters. The Balaban J connectivity index is 1.68. The van der Waals surface area contributed by atoms with Crippen molar-refractivity contribution >= 4 is 15.7 Å². The maximum absolute atomic E-state index is 12.6. The summed E-state index contributed by atoms with van der Waals surface area (Å²) in [6.07, 6.45) is 1.70. The molecule has 1 saturated heterocycles. The third-order valence-corrected chi connectivity index (χ3v) is 6.77. The molecule has 0 saturated carbocycles. The second-order valence-corrected chi connectivity index (χ2v) is 7.95. The van der Waals surface area contributed by atoms with Gasteiger partial charge in [-0.2, -0.15) is 5.10 Å². The number of hydrogen-bond donors (Lipinski definition) is 0. The summed E-state index contributed by atoms with van der Waals surface area (Å²) in [6.45, 7) is 0.660. The summed E-state index contributed by atoms with van der Waals surface area (Å²) < 4.78 is 26.8. The first-order valence-corrected chi connectivity index (χ1v) is 8.65. The van der Waals surface area contributed by atoms with Crippen molar-refractivity contribution < 1.29 is 13.2 Å². The van der Waals surface area contributed by atoms with Crippen molar-refractivity contribution in [3.05, 3.63) is 47.8 Å². The summed E-state index contributed by atoms with van der Waals surface area (Å²) >= 11 is 0. The van der Waals surface area contributed by atoms with Crippen molar-refractivity contribution in [1.29, 1.82) is 0 Å². The molecule has 0 aliphatic carbocycles. The summed E-state index contributed by atoms with van der Waals surface area (Å²) in [4.78, 5) is 14.5. The van der Waals surface area contributed by atoms with Crippen LogP contribution < -0.4 is 0 Å². The number of hydrogen-bond acceptors (Lipinski definition) is 4. The first-order chi connectivity index (χ1) is 10.5. The topological polar surface area (TPSA) is 72.3 Å². The van der Waals surface area contributed by atoms with Crippen molar-refractivity contribution in [3.8, 4) is 0 Å². The van der Waals surface area contributed by atoms with Gasteiger partial charge in [0.2, 0.25) is 0 Å². The third kappa shape index (κ3) is 1.75. The Bertz CT molecular complexity index is 872. The minimum atomic E-state index is -3.35. The van der Waals surface area contributed by atoms with Crippen LogP contribution in [0.15, 0.2) is 41.4 Å². The van der Waals surface area contributed by atoms with E-state index in [-0.39, 0.29) is 18.4 Å². The summed E-state index contributed by atoms with van der Waals surface area (Å²) in [5.41, 5.74) is 1.19. The molecule has 114 valence electrons. The fourth-order valence-electron chi connectivity index (χ4n) is 3.45. The van der Waals surface area contributed by atoms with E-state index >= 15 is 0 Å². The van der Waals surface area contributed by atoms with Gasteiger partial charge >= 0.3 is 0 Å². The SMILES string of the molecule is Cn1ccc(C(=O)N2C[C@@H]3c4ccccc4S(=O)(=O)[C@H]3C2)n1. The minimum Gasteiger partial charge on any atom is -0.335 e. The van der Waals surface area contributed by atoms with E-state index in [2.05, 4.69) is 5.10 Å². The van der Waals surface area contributed by atoms with Gasteiger partial charge in [-0.1, -0.05) is 18.2 Å². The molecule has 1 aromatic heterocycles. The highest BCUT2D eigenvalue weighted by Crippen LogP contribution is 2.44. The predicted octanol–water partition coefficient (Wildman–Crippen LogP) is 0.816. The second-order valence-electron chi connectivity index (χ2n) is 5.81. The molecular formula is C15H15N3O3S. The highest BCUT2D eigenvalue weighted by atomic mass is 32.2. The van der Waals surface area contributed by atoms with Crippen molar-refractivity contribution in [2.75, 3.05) is 13.1 Å². The van der Waals surface area contributed by atoms with Crippen LogP contribution in [0.5, 0.6) is 0 Å². The maximum atomic E-state index is 12.6. The monoisotopic (exact) mass is 317 g/mol. The first-order valence-electron chi connectivity index (χ1n) is 7.10. The number of aryl methyl sites for hydroxylation is 1. The molecule has 0 radical (unpaired) electrons. The van der Waals surface area contributed by atoms with E-state index in [0.717, 1.165) is 5.56 Å². The molecule has 22 heavy (non-hydrogen) atoms. The molecule has 1 aromatic carbocycles. The van der Waals surface area contributed by atoms with E-state index in [4.69, 9.17) is 0 Å². The molecule has 0 bridgehead atoms. The molecular weight excluding hydrogens is 302 g/mol. The molecule has 0 N–H and O–H groups in total. The zero-order chi connectivity index (χ0) is 15.5. The van der Waals surface area contributed by atoms with Crippen LogP contribution in [0, 0.1) is 0 Å². The van der Waals surface area contributed by atoms with E-state index < -0.39 is 15.1 Å². The third-order valence-electron chi connectivity index (χ3n) is 4.51. The number of carbonyl (C=O) groups is 1. The number of benzene rings is 1. The van der Waals surface area contributed by atoms with Gasteiger partial charge in [-0.05, 0) is 17.7 Å². The van der Waals surface area contributed by atoms with Crippen LogP contribution >= 0.6 is 0 Å². The van der Waals surface area contributed by atoms with Crippen LogP contribution in [0.4, 0.5) is 0 Å². The van der Waals surface area contributed by atoms with Crippen LogP contribution in [-0.4, -0.2) is 47.3 Å². The highest BCUT2D eigenvalue weighted by Gasteiger charge is 2.51. The van der Waals surface area contributed by atoms with Crippen molar-refractivity contribution in [1.82, 2.24) is 14.7 Å². The Morgan fingerprint density at radius 1 is 1.23 bits per heavy atom. The van der Waals surface area contributed by atoms with Gasteiger partial charge in [0, 0.05) is 32.3 Å². The molecule has 1 fully saturated rings. The number of carbonyl (C=O) groups excluding carboxylic acids is 1. The molecule has 4 rings (SSSR count). The van der Waals surface area contributed by atoms with Crippen LogP contribution in [0.2, 0.25) is 0 Å². The Hall–Kier alpha value is -2.15. The van der Waals surface area contributed by atoms with Gasteiger partial charge in [-0.25, -0.2) is 8.42 Å². The molecule has 7 heteroatoms. The molecule has 2 aromatic rings. The highest BCUT2D eigenvalue weighted by molar-refractivity contribution is 7.92. The molecule has 3 heterocycles. The summed E-state index contributed by atoms with van der Waals surface area (Å²) in [6, 6.07) is 8.76. The van der Waals surface area contributed by atoms with E-state index in [1.165, 1.54) is 0 Å². The molecule has 1 amide bonds. The predicted molar refractivity (Wildman–Crippen MR) is 79.3 cm³/mol. The number of sulfone groups is 1. The first kappa shape index (κ1) is 13.5. The van der Waals surface area contributed by atoms with Gasteiger partial charge in [-0.15, -0.1) is 0 Å². The largest absolute Gasteiger partial charge is 0.335 e. The van der Waals surface area contributed by atoms with Gasteiger partial charge in [0.1, 0.15) is 5.69 Å². The van der Waals surface area contributed by atoms with Crippen molar-refractivity contribution in [2.45, 2.75) is 16.1 Å². The normalized spacial score (nSPS) is 25.0. The van der Waals surface area contributed by atoms with E-state index in [0.29, 0.717) is 17.1 Å². The summed E-state index contributed by atoms with van der Waals surface area (Å²) in [5, 5.41) is 3.58. The fraction of sp³-hybridized carbons (Fsp3) is 0.333. The van der Waals surface area contributed by atoms with Gasteiger partial charge < -0.3 is 4.90 Å². The number of nitrogens with zero attached hydrogens (tertiary/aromatic N) is 3. The lowest BCUT2D eigenvalue weighted by Gasteiger charge is -2.16. The van der Waals surface area contributed by atoms with Crippen LogP contribution in [-0.2, 0) is 16.9 Å². The fourth-order valence-corrected chi connectivity index (χ4v) is 5.64. The zero-order valence-corrected chi connectivity index (χ0v) is 12.8. The van der Waals surface area contributed by atoms with E-state index in [1.54, 1.807) is 41.0 Å². The zero-order valence-electron chi connectivity index (χ0n) is 12.0. The Morgan fingerprint density at radius 3 is 2.73 bits per heavy atom.